The number of benzene rings is 1. The van der Waals surface area contributed by atoms with Gasteiger partial charge in [-0.3, -0.25) is 4.79 Å². The quantitative estimate of drug-likeness (QED) is 0.572. The fourth-order valence-electron chi connectivity index (χ4n) is 3.93. The van der Waals surface area contributed by atoms with Crippen LogP contribution in [0.25, 0.3) is 5.95 Å². The van der Waals surface area contributed by atoms with Gasteiger partial charge >= 0.3 is 5.97 Å². The number of nitrogens with one attached hydrogen (secondary N) is 1. The van der Waals surface area contributed by atoms with Crippen LogP contribution in [0.4, 0.5) is 11.5 Å². The number of ether oxygens (including phenoxy) is 1. The minimum absolute atomic E-state index is 0.0386. The van der Waals surface area contributed by atoms with Gasteiger partial charge in [-0.25, -0.2) is 14.5 Å². The van der Waals surface area contributed by atoms with Gasteiger partial charge in [0.05, 0.1) is 23.6 Å². The van der Waals surface area contributed by atoms with Gasteiger partial charge in [0.25, 0.3) is 11.9 Å². The van der Waals surface area contributed by atoms with E-state index < -0.39 is 5.97 Å². The SMILES string of the molecule is CCOC(=O)c1cnc(-n2nc(C)cc2C)nc1Nc1ccccc1C(=O)N1CCCCC1. The molecule has 4 rings (SSSR count). The molecule has 0 radical (unpaired) electrons. The van der Waals surface area contributed by atoms with Crippen LogP contribution in [0.1, 0.15) is 58.3 Å². The van der Waals surface area contributed by atoms with Gasteiger partial charge in [-0.1, -0.05) is 12.1 Å². The molecule has 0 bridgehead atoms. The Morgan fingerprint density at radius 1 is 1.09 bits per heavy atom. The van der Waals surface area contributed by atoms with E-state index in [9.17, 15) is 9.59 Å². The maximum absolute atomic E-state index is 13.2. The number of piperidine rings is 1. The number of esters is 1. The molecule has 33 heavy (non-hydrogen) atoms. The first-order valence-electron chi connectivity index (χ1n) is 11.2. The summed E-state index contributed by atoms with van der Waals surface area (Å²) in [5.74, 6) is -0.0102. The van der Waals surface area contributed by atoms with E-state index in [0.717, 1.165) is 43.7 Å². The van der Waals surface area contributed by atoms with Crippen LogP contribution in [0.5, 0.6) is 0 Å². The first-order valence-corrected chi connectivity index (χ1v) is 11.2. The van der Waals surface area contributed by atoms with Crippen molar-refractivity contribution >= 4 is 23.4 Å². The molecule has 1 amide bonds. The summed E-state index contributed by atoms with van der Waals surface area (Å²) in [5.41, 5.74) is 2.97. The molecule has 1 aliphatic heterocycles. The Morgan fingerprint density at radius 2 is 1.85 bits per heavy atom. The van der Waals surface area contributed by atoms with E-state index in [4.69, 9.17) is 4.74 Å². The molecule has 0 spiro atoms. The van der Waals surface area contributed by atoms with Crippen LogP contribution in [0.3, 0.4) is 0 Å². The standard InChI is InChI=1S/C24H28N6O3/c1-4-33-23(32)19-15-25-24(30-17(3)14-16(2)28-30)27-21(19)26-20-11-7-6-10-18(20)22(31)29-12-8-5-9-13-29/h6-7,10-11,14-15H,4-5,8-9,12-13H2,1-3H3,(H,25,26,27). The second-order valence-corrected chi connectivity index (χ2v) is 8.02. The lowest BCUT2D eigenvalue weighted by atomic mass is 10.1. The van der Waals surface area contributed by atoms with Crippen molar-refractivity contribution in [2.45, 2.75) is 40.0 Å². The van der Waals surface area contributed by atoms with Crippen LogP contribution in [0.15, 0.2) is 36.5 Å². The summed E-state index contributed by atoms with van der Waals surface area (Å²) in [7, 11) is 0. The van der Waals surface area contributed by atoms with E-state index in [1.807, 2.05) is 36.9 Å². The number of para-hydroxylation sites is 1. The number of anilines is 2. The number of hydrogen-bond acceptors (Lipinski definition) is 7. The van der Waals surface area contributed by atoms with Crippen LogP contribution < -0.4 is 5.32 Å². The highest BCUT2D eigenvalue weighted by Crippen LogP contribution is 2.26. The van der Waals surface area contributed by atoms with Gasteiger partial charge in [0.15, 0.2) is 5.82 Å². The van der Waals surface area contributed by atoms with E-state index in [2.05, 4.69) is 20.4 Å². The van der Waals surface area contributed by atoms with Crippen molar-refractivity contribution in [1.82, 2.24) is 24.6 Å². The fourth-order valence-corrected chi connectivity index (χ4v) is 3.93. The summed E-state index contributed by atoms with van der Waals surface area (Å²) >= 11 is 0. The minimum atomic E-state index is -0.542. The molecule has 0 saturated carbocycles. The Kier molecular flexibility index (Phi) is 6.67. The van der Waals surface area contributed by atoms with Crippen LogP contribution in [-0.2, 0) is 4.74 Å². The van der Waals surface area contributed by atoms with Crippen molar-refractivity contribution in [2.75, 3.05) is 25.0 Å². The summed E-state index contributed by atoms with van der Waals surface area (Å²) < 4.78 is 6.81. The van der Waals surface area contributed by atoms with Crippen LogP contribution in [0, 0.1) is 13.8 Å². The maximum atomic E-state index is 13.2. The lowest BCUT2D eigenvalue weighted by Gasteiger charge is -2.27. The van der Waals surface area contributed by atoms with Crippen molar-refractivity contribution in [2.24, 2.45) is 0 Å². The van der Waals surface area contributed by atoms with E-state index in [-0.39, 0.29) is 23.9 Å². The molecule has 1 fully saturated rings. The van der Waals surface area contributed by atoms with Crippen molar-refractivity contribution in [1.29, 1.82) is 0 Å². The molecule has 1 saturated heterocycles. The average molecular weight is 449 g/mol. The van der Waals surface area contributed by atoms with Gasteiger partial charge < -0.3 is 15.0 Å². The number of aryl methyl sites for hydroxylation is 2. The average Bonchev–Trinajstić information content (AvgIpc) is 3.17. The van der Waals surface area contributed by atoms with E-state index in [1.54, 1.807) is 23.7 Å². The van der Waals surface area contributed by atoms with Crippen molar-refractivity contribution < 1.29 is 14.3 Å². The normalized spacial score (nSPS) is 13.6. The van der Waals surface area contributed by atoms with Gasteiger partial charge in [-0.15, -0.1) is 0 Å². The number of carbonyl (C=O) groups is 2. The first kappa shape index (κ1) is 22.4. The highest BCUT2D eigenvalue weighted by molar-refractivity contribution is 6.01. The van der Waals surface area contributed by atoms with Crippen molar-refractivity contribution in [3.8, 4) is 5.95 Å². The molecular weight excluding hydrogens is 420 g/mol. The maximum Gasteiger partial charge on any atom is 0.343 e. The highest BCUT2D eigenvalue weighted by Gasteiger charge is 2.23. The molecule has 1 N–H and O–H groups in total. The van der Waals surface area contributed by atoms with Crippen molar-refractivity contribution in [3.05, 3.63) is 59.0 Å². The third-order valence-electron chi connectivity index (χ3n) is 5.52. The molecule has 1 aliphatic rings. The van der Waals surface area contributed by atoms with E-state index in [0.29, 0.717) is 17.2 Å². The third-order valence-corrected chi connectivity index (χ3v) is 5.52. The molecule has 172 valence electrons. The molecule has 0 atom stereocenters. The number of aromatic nitrogens is 4. The molecule has 2 aromatic heterocycles. The largest absolute Gasteiger partial charge is 0.462 e. The monoisotopic (exact) mass is 448 g/mol. The lowest BCUT2D eigenvalue weighted by molar-refractivity contribution is 0.0526. The van der Waals surface area contributed by atoms with E-state index >= 15 is 0 Å². The summed E-state index contributed by atoms with van der Waals surface area (Å²) in [5, 5.41) is 7.63. The highest BCUT2D eigenvalue weighted by atomic mass is 16.5. The third kappa shape index (κ3) is 4.87. The van der Waals surface area contributed by atoms with Gasteiger partial charge in [0, 0.05) is 25.0 Å². The van der Waals surface area contributed by atoms with E-state index in [1.165, 1.54) is 6.20 Å². The Bertz CT molecular complexity index is 1170. The summed E-state index contributed by atoms with van der Waals surface area (Å²) in [6.07, 6.45) is 4.58. The zero-order valence-corrected chi connectivity index (χ0v) is 19.2. The van der Waals surface area contributed by atoms with Gasteiger partial charge in [-0.2, -0.15) is 10.1 Å². The summed E-state index contributed by atoms with van der Waals surface area (Å²) in [6, 6.07) is 9.17. The second kappa shape index (κ2) is 9.81. The minimum Gasteiger partial charge on any atom is -0.462 e. The number of nitrogens with zero attached hydrogens (tertiary/aromatic N) is 5. The molecule has 0 unspecified atom stereocenters. The number of carbonyl (C=O) groups excluding carboxylic acids is 2. The Balaban J connectivity index is 1.73. The predicted molar refractivity (Wildman–Crippen MR) is 124 cm³/mol. The number of rotatable bonds is 6. The number of likely N-dealkylation sites (tertiary alicyclic amines) is 1. The number of amides is 1. The smallest absolute Gasteiger partial charge is 0.343 e. The van der Waals surface area contributed by atoms with Crippen molar-refractivity contribution in [3.63, 3.8) is 0 Å². The van der Waals surface area contributed by atoms with Crippen LogP contribution in [-0.4, -0.2) is 56.2 Å². The zero-order valence-electron chi connectivity index (χ0n) is 19.2. The zero-order chi connectivity index (χ0) is 23.4. The topological polar surface area (TPSA) is 102 Å². The Hall–Kier alpha value is -3.75. The Morgan fingerprint density at radius 3 is 2.55 bits per heavy atom. The van der Waals surface area contributed by atoms with Crippen LogP contribution >= 0.6 is 0 Å². The summed E-state index contributed by atoms with van der Waals surface area (Å²) in [4.78, 5) is 36.6. The van der Waals surface area contributed by atoms with Crippen LogP contribution in [0.2, 0.25) is 0 Å². The molecule has 1 aromatic carbocycles. The van der Waals surface area contributed by atoms with Gasteiger partial charge in [-0.05, 0) is 58.2 Å². The fraction of sp³-hybridized carbons (Fsp3) is 0.375. The van der Waals surface area contributed by atoms with Gasteiger partial charge in [0.2, 0.25) is 0 Å². The molecule has 3 heterocycles. The first-order chi connectivity index (χ1) is 16.0. The predicted octanol–water partition coefficient (Wildman–Crippen LogP) is 3.83. The molecular formula is C24H28N6O3. The van der Waals surface area contributed by atoms with Gasteiger partial charge in [0.1, 0.15) is 5.56 Å². The second-order valence-electron chi connectivity index (χ2n) is 8.02. The molecule has 3 aromatic rings. The molecule has 9 nitrogen and oxygen atoms in total. The Labute approximate surface area is 192 Å². The molecule has 0 aliphatic carbocycles. The lowest BCUT2D eigenvalue weighted by Crippen LogP contribution is -2.35. The number of hydrogen-bond donors (Lipinski definition) is 1. The molecule has 9 heteroatoms. The summed E-state index contributed by atoms with van der Waals surface area (Å²) in [6.45, 7) is 7.25.